The Bertz CT molecular complexity index is 560. The first-order valence-corrected chi connectivity index (χ1v) is 5.94. The van der Waals surface area contributed by atoms with Crippen LogP contribution in [0, 0.1) is 6.92 Å². The average Bonchev–Trinajstić information content (AvgIpc) is 2.28. The molecule has 0 saturated carbocycles. The van der Waals surface area contributed by atoms with E-state index >= 15 is 0 Å². The molecule has 2 aromatic heterocycles. The molecule has 17 heavy (non-hydrogen) atoms. The minimum atomic E-state index is 0.276. The fourth-order valence-corrected chi connectivity index (χ4v) is 2.19. The maximum atomic E-state index is 5.73. The van der Waals surface area contributed by atoms with E-state index in [1.807, 2.05) is 13.0 Å². The monoisotopic (exact) mass is 267 g/mol. The number of pyridine rings is 1. The van der Waals surface area contributed by atoms with Gasteiger partial charge >= 0.3 is 0 Å². The van der Waals surface area contributed by atoms with E-state index in [4.69, 9.17) is 23.1 Å². The van der Waals surface area contributed by atoms with E-state index in [1.54, 1.807) is 6.20 Å². The zero-order valence-corrected chi connectivity index (χ0v) is 10.6. The Labute approximate surface area is 108 Å². The molecule has 0 bridgehead atoms. The molecule has 0 radical (unpaired) electrons. The first-order chi connectivity index (χ1) is 8.08. The normalized spacial score (nSPS) is 10.5. The molecule has 0 atom stereocenters. The lowest BCUT2D eigenvalue weighted by Crippen LogP contribution is -1.98. The summed E-state index contributed by atoms with van der Waals surface area (Å²) in [6.07, 6.45) is 3.10. The van der Waals surface area contributed by atoms with E-state index in [0.29, 0.717) is 16.7 Å². The van der Waals surface area contributed by atoms with Crippen LogP contribution in [0.15, 0.2) is 28.4 Å². The second-order valence-corrected chi connectivity index (χ2v) is 4.72. The molecule has 5 nitrogen and oxygen atoms in total. The number of nitrogens with zero attached hydrogens (tertiary/aromatic N) is 3. The molecule has 2 rings (SSSR count). The van der Waals surface area contributed by atoms with Gasteiger partial charge in [-0.1, -0.05) is 23.4 Å². The summed E-state index contributed by atoms with van der Waals surface area (Å²) in [5, 5.41) is 0.876. The summed E-state index contributed by atoms with van der Waals surface area (Å²) >= 11 is 7.07. The number of hydrogen-bond donors (Lipinski definition) is 2. The molecule has 0 aliphatic carbocycles. The van der Waals surface area contributed by atoms with Crippen LogP contribution < -0.4 is 11.5 Å². The topological polar surface area (TPSA) is 90.7 Å². The van der Waals surface area contributed by atoms with Crippen molar-refractivity contribution < 1.29 is 0 Å². The number of rotatable bonds is 2. The van der Waals surface area contributed by atoms with Crippen molar-refractivity contribution in [1.82, 2.24) is 15.0 Å². The number of hydrogen-bond acceptors (Lipinski definition) is 6. The Balaban J connectivity index is 2.35. The van der Waals surface area contributed by atoms with Crippen LogP contribution in [0.25, 0.3) is 0 Å². The van der Waals surface area contributed by atoms with E-state index in [0.717, 1.165) is 10.5 Å². The lowest BCUT2D eigenvalue weighted by molar-refractivity contribution is 1.07. The van der Waals surface area contributed by atoms with Gasteiger partial charge in [0.15, 0.2) is 5.82 Å². The molecule has 0 fully saturated rings. The Morgan fingerprint density at radius 3 is 2.71 bits per heavy atom. The smallest absolute Gasteiger partial charge is 0.158 e. The van der Waals surface area contributed by atoms with Crippen molar-refractivity contribution in [3.05, 3.63) is 29.2 Å². The molecule has 0 aliphatic heterocycles. The highest BCUT2D eigenvalue weighted by Gasteiger charge is 2.09. The van der Waals surface area contributed by atoms with E-state index in [1.165, 1.54) is 18.0 Å². The van der Waals surface area contributed by atoms with Gasteiger partial charge in [-0.25, -0.2) is 15.0 Å². The third kappa shape index (κ3) is 2.59. The number of nitrogen functional groups attached to an aromatic ring is 2. The van der Waals surface area contributed by atoms with Gasteiger partial charge in [-0.15, -0.1) is 0 Å². The first kappa shape index (κ1) is 11.9. The molecule has 0 spiro atoms. The largest absolute Gasteiger partial charge is 0.383 e. The van der Waals surface area contributed by atoms with Crippen LogP contribution in [-0.2, 0) is 0 Å². The predicted molar refractivity (Wildman–Crippen MR) is 69.0 cm³/mol. The van der Waals surface area contributed by atoms with Crippen LogP contribution in [0.3, 0.4) is 0 Å². The predicted octanol–water partition coefficient (Wildman–Crippen LogP) is 2.15. The van der Waals surface area contributed by atoms with E-state index in [-0.39, 0.29) is 5.15 Å². The second-order valence-electron chi connectivity index (χ2n) is 3.30. The lowest BCUT2D eigenvalue weighted by Gasteiger charge is -2.07. The van der Waals surface area contributed by atoms with Crippen LogP contribution >= 0.6 is 23.4 Å². The summed E-state index contributed by atoms with van der Waals surface area (Å²) in [7, 11) is 0. The Morgan fingerprint density at radius 1 is 1.24 bits per heavy atom. The number of anilines is 2. The molecule has 7 heteroatoms. The van der Waals surface area contributed by atoms with Crippen molar-refractivity contribution in [3.8, 4) is 0 Å². The van der Waals surface area contributed by atoms with Gasteiger partial charge in [0.2, 0.25) is 0 Å². The Hall–Kier alpha value is -1.53. The van der Waals surface area contributed by atoms with Crippen molar-refractivity contribution in [2.24, 2.45) is 0 Å². The van der Waals surface area contributed by atoms with Crippen LogP contribution in [-0.4, -0.2) is 15.0 Å². The molecule has 2 aromatic rings. The van der Waals surface area contributed by atoms with Gasteiger partial charge < -0.3 is 11.5 Å². The summed E-state index contributed by atoms with van der Waals surface area (Å²) in [6.45, 7) is 1.89. The number of aromatic nitrogens is 3. The van der Waals surface area contributed by atoms with Crippen molar-refractivity contribution >= 4 is 35.0 Å². The van der Waals surface area contributed by atoms with Crippen LogP contribution in [0.2, 0.25) is 5.15 Å². The van der Waals surface area contributed by atoms with Crippen molar-refractivity contribution in [1.29, 1.82) is 0 Å². The van der Waals surface area contributed by atoms with Crippen LogP contribution in [0.4, 0.5) is 11.6 Å². The zero-order valence-electron chi connectivity index (χ0n) is 9.01. The standard InChI is InChI=1S/C10H10ClN5S/c1-5-6(2-3-14-8(5)12)17-10-9(13)16-7(11)4-15-10/h2-4H,1H3,(H2,12,14)(H2,13,16). The van der Waals surface area contributed by atoms with Crippen LogP contribution in [0.1, 0.15) is 5.56 Å². The third-order valence-electron chi connectivity index (χ3n) is 2.13. The van der Waals surface area contributed by atoms with Gasteiger partial charge in [0.25, 0.3) is 0 Å². The molecule has 0 unspecified atom stereocenters. The summed E-state index contributed by atoms with van der Waals surface area (Å²) in [5.74, 6) is 0.799. The van der Waals surface area contributed by atoms with Gasteiger partial charge in [-0.2, -0.15) is 0 Å². The summed E-state index contributed by atoms with van der Waals surface area (Å²) < 4.78 is 0. The lowest BCUT2D eigenvalue weighted by atomic mass is 10.3. The van der Waals surface area contributed by atoms with Gasteiger partial charge in [-0.05, 0) is 13.0 Å². The highest BCUT2D eigenvalue weighted by atomic mass is 35.5. The maximum Gasteiger partial charge on any atom is 0.158 e. The molecule has 4 N–H and O–H groups in total. The number of nitrogens with two attached hydrogens (primary N) is 2. The molecule has 0 aromatic carbocycles. The highest BCUT2D eigenvalue weighted by molar-refractivity contribution is 7.99. The minimum absolute atomic E-state index is 0.276. The molecular weight excluding hydrogens is 258 g/mol. The summed E-state index contributed by atoms with van der Waals surface area (Å²) in [6, 6.07) is 1.85. The maximum absolute atomic E-state index is 5.73. The first-order valence-electron chi connectivity index (χ1n) is 4.75. The quantitative estimate of drug-likeness (QED) is 0.866. The second kappa shape index (κ2) is 4.77. The van der Waals surface area contributed by atoms with Gasteiger partial charge in [0.1, 0.15) is 16.0 Å². The van der Waals surface area contributed by atoms with E-state index < -0.39 is 0 Å². The Morgan fingerprint density at radius 2 is 2.00 bits per heavy atom. The average molecular weight is 268 g/mol. The molecular formula is C10H10ClN5S. The fourth-order valence-electron chi connectivity index (χ4n) is 1.20. The third-order valence-corrected chi connectivity index (χ3v) is 3.49. The molecule has 0 aliphatic rings. The van der Waals surface area contributed by atoms with Crippen molar-refractivity contribution in [2.75, 3.05) is 11.5 Å². The van der Waals surface area contributed by atoms with Crippen LogP contribution in [0.5, 0.6) is 0 Å². The van der Waals surface area contributed by atoms with E-state index in [9.17, 15) is 0 Å². The van der Waals surface area contributed by atoms with Gasteiger partial charge in [-0.3, -0.25) is 0 Å². The molecule has 88 valence electrons. The SMILES string of the molecule is Cc1c(Sc2ncc(Cl)nc2N)ccnc1N. The molecule has 0 amide bonds. The highest BCUT2D eigenvalue weighted by Crippen LogP contribution is 2.33. The zero-order chi connectivity index (χ0) is 12.4. The van der Waals surface area contributed by atoms with Crippen molar-refractivity contribution in [2.45, 2.75) is 16.8 Å². The summed E-state index contributed by atoms with van der Waals surface area (Å²) in [4.78, 5) is 13.0. The minimum Gasteiger partial charge on any atom is -0.383 e. The van der Waals surface area contributed by atoms with Gasteiger partial charge in [0.05, 0.1) is 6.20 Å². The molecule has 0 saturated heterocycles. The summed E-state index contributed by atoms with van der Waals surface area (Å²) in [5.41, 5.74) is 12.4. The van der Waals surface area contributed by atoms with Crippen molar-refractivity contribution in [3.63, 3.8) is 0 Å². The van der Waals surface area contributed by atoms with E-state index in [2.05, 4.69) is 15.0 Å². The fraction of sp³-hybridized carbons (Fsp3) is 0.100. The van der Waals surface area contributed by atoms with Gasteiger partial charge in [0, 0.05) is 16.7 Å². The molecule has 2 heterocycles. The Kier molecular flexibility index (Phi) is 3.35. The number of halogens is 1.